The number of rotatable bonds is 7. The van der Waals surface area contributed by atoms with E-state index in [0.717, 1.165) is 25.7 Å². The molecule has 0 spiro atoms. The average molecular weight is 312 g/mol. The number of hydrogen-bond acceptors (Lipinski definition) is 2. The molecule has 0 aromatic heterocycles. The van der Waals surface area contributed by atoms with E-state index in [1.165, 1.54) is 0 Å². The Kier molecular flexibility index (Phi) is 7.05. The van der Waals surface area contributed by atoms with Gasteiger partial charge in [-0.2, -0.15) is 5.26 Å². The van der Waals surface area contributed by atoms with E-state index in [4.69, 9.17) is 23.2 Å². The third kappa shape index (κ3) is 4.23. The number of hydrogen-bond donors (Lipinski definition) is 0. The Balaban J connectivity index is 3.00. The standard InChI is InChI=1S/C16H19Cl2NO/c1-3-5-6-11(4-2)16(20)14(10-19)13-8-7-12(17)9-15(13)18/h7-9,11,14H,3-6H2,1-2H3. The van der Waals surface area contributed by atoms with Gasteiger partial charge < -0.3 is 0 Å². The summed E-state index contributed by atoms with van der Waals surface area (Å²) >= 11 is 12.0. The zero-order chi connectivity index (χ0) is 15.1. The molecule has 2 nitrogen and oxygen atoms in total. The van der Waals surface area contributed by atoms with Crippen molar-refractivity contribution in [1.82, 2.24) is 0 Å². The smallest absolute Gasteiger partial charge is 0.157 e. The molecule has 20 heavy (non-hydrogen) atoms. The van der Waals surface area contributed by atoms with Gasteiger partial charge in [0.1, 0.15) is 5.92 Å². The Morgan fingerprint density at radius 2 is 2.05 bits per heavy atom. The first kappa shape index (κ1) is 17.0. The van der Waals surface area contributed by atoms with Gasteiger partial charge >= 0.3 is 0 Å². The lowest BCUT2D eigenvalue weighted by molar-refractivity contribution is -0.123. The zero-order valence-corrected chi connectivity index (χ0v) is 13.3. The quantitative estimate of drug-likeness (QED) is 0.677. The first-order valence-corrected chi connectivity index (χ1v) is 7.69. The Bertz CT molecular complexity index is 508. The first-order chi connectivity index (χ1) is 9.54. The Hall–Kier alpha value is -1.04. The predicted octanol–water partition coefficient (Wildman–Crippen LogP) is 5.39. The maximum Gasteiger partial charge on any atom is 0.157 e. The van der Waals surface area contributed by atoms with Gasteiger partial charge in [-0.3, -0.25) is 4.79 Å². The van der Waals surface area contributed by atoms with Crippen LogP contribution in [0.5, 0.6) is 0 Å². The molecule has 0 aliphatic rings. The number of benzene rings is 1. The van der Waals surface area contributed by atoms with Gasteiger partial charge in [0.05, 0.1) is 6.07 Å². The van der Waals surface area contributed by atoms with Crippen LogP contribution in [0.25, 0.3) is 0 Å². The van der Waals surface area contributed by atoms with E-state index >= 15 is 0 Å². The van der Waals surface area contributed by atoms with Crippen molar-refractivity contribution in [3.05, 3.63) is 33.8 Å². The van der Waals surface area contributed by atoms with Gasteiger partial charge in [-0.15, -0.1) is 0 Å². The molecule has 0 aliphatic heterocycles. The molecule has 0 aliphatic carbocycles. The van der Waals surface area contributed by atoms with Crippen LogP contribution in [0.15, 0.2) is 18.2 Å². The molecule has 0 saturated carbocycles. The van der Waals surface area contributed by atoms with Gasteiger partial charge in [0.2, 0.25) is 0 Å². The maximum absolute atomic E-state index is 12.5. The van der Waals surface area contributed by atoms with Gasteiger partial charge in [-0.05, 0) is 30.5 Å². The third-order valence-electron chi connectivity index (χ3n) is 3.49. The van der Waals surface area contributed by atoms with Crippen molar-refractivity contribution in [3.63, 3.8) is 0 Å². The number of unbranched alkanes of at least 4 members (excludes halogenated alkanes) is 1. The van der Waals surface area contributed by atoms with Crippen LogP contribution < -0.4 is 0 Å². The van der Waals surface area contributed by atoms with E-state index < -0.39 is 5.92 Å². The molecule has 1 aromatic rings. The molecule has 1 aromatic carbocycles. The van der Waals surface area contributed by atoms with Crippen LogP contribution in [0, 0.1) is 17.2 Å². The minimum atomic E-state index is -0.804. The van der Waals surface area contributed by atoms with Crippen molar-refractivity contribution in [2.75, 3.05) is 0 Å². The van der Waals surface area contributed by atoms with Crippen LogP contribution in [-0.4, -0.2) is 5.78 Å². The minimum absolute atomic E-state index is 0.0346. The number of nitriles is 1. The second-order valence-corrected chi connectivity index (χ2v) is 5.72. The molecule has 108 valence electrons. The second kappa shape index (κ2) is 8.29. The summed E-state index contributed by atoms with van der Waals surface area (Å²) in [5.41, 5.74) is 0.554. The number of nitrogens with zero attached hydrogens (tertiary/aromatic N) is 1. The fraction of sp³-hybridized carbons (Fsp3) is 0.500. The molecule has 0 N–H and O–H groups in total. The van der Waals surface area contributed by atoms with E-state index in [9.17, 15) is 10.1 Å². The van der Waals surface area contributed by atoms with Gasteiger partial charge in [-0.1, -0.05) is 56.0 Å². The lowest BCUT2D eigenvalue weighted by Crippen LogP contribution is -2.21. The van der Waals surface area contributed by atoms with Crippen LogP contribution in [0.4, 0.5) is 0 Å². The van der Waals surface area contributed by atoms with Gasteiger partial charge in [-0.25, -0.2) is 0 Å². The highest BCUT2D eigenvalue weighted by atomic mass is 35.5. The molecule has 4 heteroatoms. The highest BCUT2D eigenvalue weighted by molar-refractivity contribution is 6.35. The van der Waals surface area contributed by atoms with Crippen molar-refractivity contribution >= 4 is 29.0 Å². The largest absolute Gasteiger partial charge is 0.298 e. The normalized spacial score (nSPS) is 13.6. The van der Waals surface area contributed by atoms with Gasteiger partial charge in [0.25, 0.3) is 0 Å². The SMILES string of the molecule is CCCCC(CC)C(=O)C(C#N)c1ccc(Cl)cc1Cl. The molecule has 0 saturated heterocycles. The van der Waals surface area contributed by atoms with E-state index in [1.807, 2.05) is 6.92 Å². The summed E-state index contributed by atoms with van der Waals surface area (Å²) in [6.07, 6.45) is 3.62. The van der Waals surface area contributed by atoms with Gasteiger partial charge in [0.15, 0.2) is 5.78 Å². The van der Waals surface area contributed by atoms with Crippen molar-refractivity contribution in [2.24, 2.45) is 5.92 Å². The van der Waals surface area contributed by atoms with E-state index in [-0.39, 0.29) is 11.7 Å². The van der Waals surface area contributed by atoms with Crippen molar-refractivity contribution < 1.29 is 4.79 Å². The highest BCUT2D eigenvalue weighted by Gasteiger charge is 2.28. The molecule has 0 heterocycles. The molecule has 0 amide bonds. The van der Waals surface area contributed by atoms with E-state index in [1.54, 1.807) is 18.2 Å². The summed E-state index contributed by atoms with van der Waals surface area (Å²) in [4.78, 5) is 12.5. The summed E-state index contributed by atoms with van der Waals surface area (Å²) in [6, 6.07) is 6.99. The van der Waals surface area contributed by atoms with Gasteiger partial charge in [0, 0.05) is 16.0 Å². The van der Waals surface area contributed by atoms with E-state index in [0.29, 0.717) is 15.6 Å². The molecule has 2 unspecified atom stereocenters. The van der Waals surface area contributed by atoms with Crippen molar-refractivity contribution in [2.45, 2.75) is 45.4 Å². The third-order valence-corrected chi connectivity index (χ3v) is 4.05. The fourth-order valence-corrected chi connectivity index (χ4v) is 2.77. The fourth-order valence-electron chi connectivity index (χ4n) is 2.26. The summed E-state index contributed by atoms with van der Waals surface area (Å²) in [7, 11) is 0. The summed E-state index contributed by atoms with van der Waals surface area (Å²) in [5.74, 6) is -0.916. The Morgan fingerprint density at radius 3 is 2.55 bits per heavy atom. The minimum Gasteiger partial charge on any atom is -0.298 e. The van der Waals surface area contributed by atoms with E-state index in [2.05, 4.69) is 13.0 Å². The Morgan fingerprint density at radius 1 is 1.35 bits per heavy atom. The lowest BCUT2D eigenvalue weighted by Gasteiger charge is -2.18. The van der Waals surface area contributed by atoms with Crippen molar-refractivity contribution in [3.8, 4) is 6.07 Å². The molecular weight excluding hydrogens is 293 g/mol. The molecule has 0 bridgehead atoms. The molecule has 1 rings (SSSR count). The van der Waals surface area contributed by atoms with Crippen LogP contribution in [0.3, 0.4) is 0 Å². The topological polar surface area (TPSA) is 40.9 Å². The summed E-state index contributed by atoms with van der Waals surface area (Å²) in [5, 5.41) is 10.2. The van der Waals surface area contributed by atoms with Crippen LogP contribution in [-0.2, 0) is 4.79 Å². The average Bonchev–Trinajstić information content (AvgIpc) is 2.42. The highest BCUT2D eigenvalue weighted by Crippen LogP contribution is 2.31. The number of carbonyl (C=O) groups excluding carboxylic acids is 1. The summed E-state index contributed by atoms with van der Waals surface area (Å²) in [6.45, 7) is 4.07. The molecule has 2 atom stereocenters. The van der Waals surface area contributed by atoms with Crippen LogP contribution in [0.2, 0.25) is 10.0 Å². The number of carbonyl (C=O) groups is 1. The maximum atomic E-state index is 12.5. The van der Waals surface area contributed by atoms with Crippen LogP contribution >= 0.6 is 23.2 Å². The number of halogens is 2. The van der Waals surface area contributed by atoms with Crippen molar-refractivity contribution in [1.29, 1.82) is 5.26 Å². The first-order valence-electron chi connectivity index (χ1n) is 6.93. The lowest BCUT2D eigenvalue weighted by atomic mass is 9.84. The monoisotopic (exact) mass is 311 g/mol. The second-order valence-electron chi connectivity index (χ2n) is 4.88. The molecule has 0 radical (unpaired) electrons. The zero-order valence-electron chi connectivity index (χ0n) is 11.8. The molecular formula is C16H19Cl2NO. The summed E-state index contributed by atoms with van der Waals surface area (Å²) < 4.78 is 0. The number of Topliss-reactive ketones (excluding diaryl/α,β-unsaturated/α-hetero) is 1. The number of ketones is 1. The molecule has 0 fully saturated rings. The predicted molar refractivity (Wildman–Crippen MR) is 83.1 cm³/mol. The van der Waals surface area contributed by atoms with Crippen LogP contribution in [0.1, 0.15) is 51.0 Å². The Labute approximate surface area is 130 Å².